The van der Waals surface area contributed by atoms with Crippen LogP contribution in [0.25, 0.3) is 0 Å². The molecular weight excluding hydrogens is 432 g/mol. The Morgan fingerprint density at radius 1 is 0.759 bits per heavy atom. The number of hydrogen-bond donors (Lipinski definition) is 0. The molecule has 0 fully saturated rings. The molecule has 0 N–H and O–H groups in total. The molecule has 3 rings (SSSR count). The van der Waals surface area contributed by atoms with E-state index in [9.17, 15) is 21.6 Å². The van der Waals surface area contributed by atoms with Gasteiger partial charge in [0.05, 0.1) is 0 Å². The Hall–Kier alpha value is -1.29. The summed E-state index contributed by atoms with van der Waals surface area (Å²) in [4.78, 5) is 0.355. The first-order valence-corrected chi connectivity index (χ1v) is 10.8. The standard InChI is InChI=1S/C20H16F3O3S2.Na.H/c21-20(22,23)28(24,25)26-27(18-14-8-3-9-15-18)19(16-10-4-1-5-11-16)17-12-6-2-7-13-17;;/h1-15,19H;;/q2*+1;-1. The number of benzene rings is 3. The molecule has 0 saturated heterocycles. The third-order valence-corrected chi connectivity index (χ3v) is 7.42. The second-order valence-corrected chi connectivity index (χ2v) is 9.23. The average molecular weight is 449 g/mol. The molecule has 0 saturated carbocycles. The minimum Gasteiger partial charge on any atom is -1.00 e. The molecule has 1 atom stereocenters. The number of rotatable bonds is 6. The first-order valence-electron chi connectivity index (χ1n) is 8.19. The molecular formula is C20H17F3NaO3S2+. The van der Waals surface area contributed by atoms with Gasteiger partial charge in [-0.2, -0.15) is 21.6 Å². The summed E-state index contributed by atoms with van der Waals surface area (Å²) < 4.78 is 67.8. The van der Waals surface area contributed by atoms with E-state index in [2.05, 4.69) is 0 Å². The molecule has 0 aromatic heterocycles. The Morgan fingerprint density at radius 2 is 1.14 bits per heavy atom. The minimum atomic E-state index is -5.79. The summed E-state index contributed by atoms with van der Waals surface area (Å²) in [7, 11) is -5.79. The minimum absolute atomic E-state index is 0. The molecule has 9 heteroatoms. The van der Waals surface area contributed by atoms with E-state index in [0.717, 1.165) is 0 Å². The third kappa shape index (κ3) is 5.87. The summed E-state index contributed by atoms with van der Waals surface area (Å²) in [6, 6.07) is 25.6. The van der Waals surface area contributed by atoms with Gasteiger partial charge < -0.3 is 1.43 Å². The maximum absolute atomic E-state index is 13.1. The first-order chi connectivity index (χ1) is 13.3. The van der Waals surface area contributed by atoms with E-state index in [0.29, 0.717) is 16.0 Å². The summed E-state index contributed by atoms with van der Waals surface area (Å²) in [6.07, 6.45) is 0. The van der Waals surface area contributed by atoms with Gasteiger partial charge in [0, 0.05) is 11.1 Å². The molecule has 0 aliphatic rings. The van der Waals surface area contributed by atoms with E-state index < -0.39 is 32.1 Å². The molecule has 29 heavy (non-hydrogen) atoms. The Kier molecular flexibility index (Phi) is 8.39. The van der Waals surface area contributed by atoms with Gasteiger partial charge in [-0.1, -0.05) is 78.9 Å². The average Bonchev–Trinajstić information content (AvgIpc) is 2.69. The molecule has 3 nitrogen and oxygen atoms in total. The van der Waals surface area contributed by atoms with Crippen molar-refractivity contribution in [1.29, 1.82) is 0 Å². The summed E-state index contributed by atoms with van der Waals surface area (Å²) in [5.74, 6) is 0. The predicted octanol–water partition coefficient (Wildman–Crippen LogP) is 2.35. The van der Waals surface area contributed by atoms with Crippen molar-refractivity contribution in [1.82, 2.24) is 0 Å². The number of hydrogen-bond acceptors (Lipinski definition) is 3. The fourth-order valence-electron chi connectivity index (χ4n) is 2.60. The Balaban J connectivity index is 0.00000225. The van der Waals surface area contributed by atoms with Crippen LogP contribution in [0.15, 0.2) is 95.9 Å². The van der Waals surface area contributed by atoms with Crippen LogP contribution in [0, 0.1) is 0 Å². The van der Waals surface area contributed by atoms with Crippen LogP contribution in [-0.4, -0.2) is 13.9 Å². The van der Waals surface area contributed by atoms with E-state index in [1.807, 2.05) is 0 Å². The van der Waals surface area contributed by atoms with Gasteiger partial charge in [0.25, 0.3) is 0 Å². The van der Waals surface area contributed by atoms with Gasteiger partial charge in [-0.15, -0.1) is 0 Å². The first kappa shape index (κ1) is 24.0. The molecule has 1 unspecified atom stereocenters. The SMILES string of the molecule is O=S(=O)(O[S+](c1ccccc1)C(c1ccccc1)c1ccccc1)C(F)(F)F.[H-].[Na+]. The molecule has 0 heterocycles. The van der Waals surface area contributed by atoms with Crippen LogP contribution in [0.5, 0.6) is 0 Å². The summed E-state index contributed by atoms with van der Waals surface area (Å²) in [5.41, 5.74) is -4.21. The zero-order valence-electron chi connectivity index (χ0n) is 16.4. The topological polar surface area (TPSA) is 43.4 Å². The van der Waals surface area contributed by atoms with Crippen LogP contribution < -0.4 is 29.6 Å². The summed E-state index contributed by atoms with van der Waals surface area (Å²) >= 11 is -1.75. The maximum atomic E-state index is 13.1. The Labute approximate surface area is 194 Å². The van der Waals surface area contributed by atoms with Gasteiger partial charge in [-0.05, 0) is 15.8 Å². The van der Waals surface area contributed by atoms with Crippen LogP contribution in [-0.2, 0) is 24.9 Å². The quantitative estimate of drug-likeness (QED) is 0.330. The molecule has 0 spiro atoms. The van der Waals surface area contributed by atoms with Crippen LogP contribution in [0.4, 0.5) is 13.2 Å². The fourth-order valence-corrected chi connectivity index (χ4v) is 5.82. The van der Waals surface area contributed by atoms with E-state index >= 15 is 0 Å². The maximum Gasteiger partial charge on any atom is 1.00 e. The third-order valence-electron chi connectivity index (χ3n) is 3.84. The van der Waals surface area contributed by atoms with Crippen molar-refractivity contribution < 1.29 is 56.2 Å². The summed E-state index contributed by atoms with van der Waals surface area (Å²) in [6.45, 7) is 0. The smallest absolute Gasteiger partial charge is 1.00 e. The van der Waals surface area contributed by atoms with Crippen molar-refractivity contribution in [3.8, 4) is 0 Å². The van der Waals surface area contributed by atoms with Crippen molar-refractivity contribution >= 4 is 21.3 Å². The van der Waals surface area contributed by atoms with E-state index in [-0.39, 0.29) is 31.0 Å². The van der Waals surface area contributed by atoms with Crippen molar-refractivity contribution in [3.05, 3.63) is 102 Å². The van der Waals surface area contributed by atoms with Crippen LogP contribution in [0.1, 0.15) is 17.8 Å². The van der Waals surface area contributed by atoms with Crippen molar-refractivity contribution in [3.63, 3.8) is 0 Å². The van der Waals surface area contributed by atoms with E-state index in [1.165, 1.54) is 0 Å². The van der Waals surface area contributed by atoms with Gasteiger partial charge in [-0.25, -0.2) is 0 Å². The van der Waals surface area contributed by atoms with Crippen LogP contribution in [0.2, 0.25) is 0 Å². The van der Waals surface area contributed by atoms with Gasteiger partial charge in [0.1, 0.15) is 0 Å². The largest absolute Gasteiger partial charge is 1.00 e. The Bertz CT molecular complexity index is 966. The van der Waals surface area contributed by atoms with E-state index in [1.54, 1.807) is 91.0 Å². The van der Waals surface area contributed by atoms with Crippen molar-refractivity contribution in [2.24, 2.45) is 0 Å². The van der Waals surface area contributed by atoms with Gasteiger partial charge in [-0.3, -0.25) is 0 Å². The molecule has 3 aromatic rings. The molecule has 0 amide bonds. The van der Waals surface area contributed by atoms with Gasteiger partial charge in [0.15, 0.2) is 4.90 Å². The molecule has 0 radical (unpaired) electrons. The predicted molar refractivity (Wildman–Crippen MR) is 104 cm³/mol. The monoisotopic (exact) mass is 449 g/mol. The van der Waals surface area contributed by atoms with Crippen molar-refractivity contribution in [2.45, 2.75) is 15.7 Å². The molecule has 0 aliphatic carbocycles. The Morgan fingerprint density at radius 3 is 1.52 bits per heavy atom. The van der Waals surface area contributed by atoms with Gasteiger partial charge in [0.2, 0.25) is 16.4 Å². The normalized spacial score (nSPS) is 13.0. The van der Waals surface area contributed by atoms with E-state index in [4.69, 9.17) is 3.63 Å². The second kappa shape index (κ2) is 10.1. The van der Waals surface area contributed by atoms with Crippen molar-refractivity contribution in [2.75, 3.05) is 0 Å². The summed E-state index contributed by atoms with van der Waals surface area (Å²) in [5, 5.41) is -0.734. The number of alkyl halides is 3. The molecule has 3 aromatic carbocycles. The number of halogens is 3. The zero-order valence-corrected chi connectivity index (χ0v) is 19.0. The molecule has 0 aliphatic heterocycles. The zero-order chi connectivity index (χ0) is 20.2. The molecule has 148 valence electrons. The van der Waals surface area contributed by atoms with Crippen LogP contribution in [0.3, 0.4) is 0 Å². The van der Waals surface area contributed by atoms with Crippen LogP contribution >= 0.6 is 0 Å². The molecule has 0 bridgehead atoms. The second-order valence-electron chi connectivity index (χ2n) is 5.78. The fraction of sp³-hybridized carbons (Fsp3) is 0.100. The van der Waals surface area contributed by atoms with Gasteiger partial charge >= 0.3 is 45.2 Å².